The normalized spacial score (nSPS) is 11.9. The molecule has 1 atom stereocenters. The minimum atomic E-state index is -0.861. The van der Waals surface area contributed by atoms with Gasteiger partial charge in [0, 0.05) is 6.54 Å². The Kier molecular flexibility index (Phi) is 4.05. The van der Waals surface area contributed by atoms with Crippen LogP contribution in [0.4, 0.5) is 4.39 Å². The van der Waals surface area contributed by atoms with Crippen molar-refractivity contribution in [2.75, 3.05) is 13.7 Å². The van der Waals surface area contributed by atoms with Crippen LogP contribution in [0.1, 0.15) is 0 Å². The third kappa shape index (κ3) is 3.21. The first-order valence-electron chi connectivity index (χ1n) is 4.37. The molecule has 82 valence electrons. The maximum absolute atomic E-state index is 12.6. The molecule has 15 heavy (non-hydrogen) atoms. The lowest BCUT2D eigenvalue weighted by atomic mass is 10.3. The molecule has 0 aliphatic heterocycles. The first kappa shape index (κ1) is 11.5. The quantitative estimate of drug-likeness (QED) is 0.748. The second-order valence-electron chi connectivity index (χ2n) is 2.82. The number of rotatable bonds is 4. The van der Waals surface area contributed by atoms with Crippen molar-refractivity contribution in [2.24, 2.45) is 5.73 Å². The summed E-state index contributed by atoms with van der Waals surface area (Å²) in [5, 5.41) is 0. The van der Waals surface area contributed by atoms with Crippen LogP contribution < -0.4 is 10.5 Å². The zero-order chi connectivity index (χ0) is 11.3. The highest BCUT2D eigenvalue weighted by atomic mass is 19.1. The molecule has 2 N–H and O–H groups in total. The predicted molar refractivity (Wildman–Crippen MR) is 51.9 cm³/mol. The van der Waals surface area contributed by atoms with Gasteiger partial charge < -0.3 is 15.2 Å². The second-order valence-corrected chi connectivity index (χ2v) is 2.82. The predicted octanol–water partition coefficient (Wildman–Crippen LogP) is 0.705. The summed E-state index contributed by atoms with van der Waals surface area (Å²) in [6.45, 7) is 0.00402. The van der Waals surface area contributed by atoms with Crippen LogP contribution >= 0.6 is 0 Å². The molecule has 1 aromatic rings. The minimum absolute atomic E-state index is 0.00402. The van der Waals surface area contributed by atoms with E-state index in [9.17, 15) is 9.18 Å². The molecule has 0 amide bonds. The van der Waals surface area contributed by atoms with Crippen molar-refractivity contribution in [3.05, 3.63) is 30.1 Å². The van der Waals surface area contributed by atoms with Crippen LogP contribution in [-0.4, -0.2) is 25.7 Å². The molecule has 4 nitrogen and oxygen atoms in total. The fourth-order valence-corrected chi connectivity index (χ4v) is 1.00. The summed E-state index contributed by atoms with van der Waals surface area (Å²) in [4.78, 5) is 11.1. The van der Waals surface area contributed by atoms with E-state index in [2.05, 4.69) is 4.74 Å². The van der Waals surface area contributed by atoms with E-state index in [4.69, 9.17) is 10.5 Å². The standard InChI is InChI=1S/C10H12FNO3/c1-14-10(13)9(6-12)15-8-4-2-7(11)3-5-8/h2-5,9H,6,12H2,1H3. The number of hydrogen-bond acceptors (Lipinski definition) is 4. The Morgan fingerprint density at radius 3 is 2.53 bits per heavy atom. The Hall–Kier alpha value is -1.62. The van der Waals surface area contributed by atoms with Crippen LogP contribution in [0, 0.1) is 5.82 Å². The zero-order valence-electron chi connectivity index (χ0n) is 8.27. The highest BCUT2D eigenvalue weighted by molar-refractivity contribution is 5.75. The van der Waals surface area contributed by atoms with Gasteiger partial charge in [-0.25, -0.2) is 9.18 Å². The van der Waals surface area contributed by atoms with Gasteiger partial charge in [0.1, 0.15) is 11.6 Å². The number of halogens is 1. The maximum atomic E-state index is 12.6. The summed E-state index contributed by atoms with van der Waals surface area (Å²) in [7, 11) is 1.25. The average molecular weight is 213 g/mol. The average Bonchev–Trinajstić information content (AvgIpc) is 2.27. The first-order chi connectivity index (χ1) is 7.17. The fraction of sp³-hybridized carbons (Fsp3) is 0.300. The highest BCUT2D eigenvalue weighted by Crippen LogP contribution is 2.13. The molecule has 0 fully saturated rings. The minimum Gasteiger partial charge on any atom is -0.477 e. The number of carbonyl (C=O) groups is 1. The van der Waals surface area contributed by atoms with Gasteiger partial charge in [0.05, 0.1) is 7.11 Å². The summed E-state index contributed by atoms with van der Waals surface area (Å²) in [5.41, 5.74) is 5.33. The number of ether oxygens (including phenoxy) is 2. The third-order valence-electron chi connectivity index (χ3n) is 1.77. The lowest BCUT2D eigenvalue weighted by molar-refractivity contribution is -0.148. The topological polar surface area (TPSA) is 61.5 Å². The van der Waals surface area contributed by atoms with Gasteiger partial charge in [-0.15, -0.1) is 0 Å². The van der Waals surface area contributed by atoms with E-state index in [-0.39, 0.29) is 12.4 Å². The molecule has 0 aromatic heterocycles. The molecule has 0 spiro atoms. The Morgan fingerprint density at radius 2 is 2.07 bits per heavy atom. The van der Waals surface area contributed by atoms with Crippen LogP contribution in [0.2, 0.25) is 0 Å². The van der Waals surface area contributed by atoms with Crippen LogP contribution in [0.15, 0.2) is 24.3 Å². The van der Waals surface area contributed by atoms with Crippen molar-refractivity contribution in [2.45, 2.75) is 6.10 Å². The molecule has 0 saturated heterocycles. The zero-order valence-corrected chi connectivity index (χ0v) is 8.27. The molecule has 0 aliphatic carbocycles. The van der Waals surface area contributed by atoms with E-state index < -0.39 is 12.1 Å². The molecule has 1 unspecified atom stereocenters. The van der Waals surface area contributed by atoms with Gasteiger partial charge >= 0.3 is 5.97 Å². The van der Waals surface area contributed by atoms with Crippen molar-refractivity contribution in [1.29, 1.82) is 0 Å². The van der Waals surface area contributed by atoms with E-state index in [1.807, 2.05) is 0 Å². The number of methoxy groups -OCH3 is 1. The largest absolute Gasteiger partial charge is 0.477 e. The summed E-state index contributed by atoms with van der Waals surface area (Å²) < 4.78 is 22.2. The van der Waals surface area contributed by atoms with Gasteiger partial charge in [-0.2, -0.15) is 0 Å². The van der Waals surface area contributed by atoms with Crippen molar-refractivity contribution in [3.63, 3.8) is 0 Å². The molecule has 0 bridgehead atoms. The van der Waals surface area contributed by atoms with Gasteiger partial charge in [0.25, 0.3) is 0 Å². The number of benzene rings is 1. The van der Waals surface area contributed by atoms with Gasteiger partial charge in [0.15, 0.2) is 0 Å². The number of carbonyl (C=O) groups excluding carboxylic acids is 1. The van der Waals surface area contributed by atoms with Crippen LogP contribution in [-0.2, 0) is 9.53 Å². The Balaban J connectivity index is 2.66. The third-order valence-corrected chi connectivity index (χ3v) is 1.77. The van der Waals surface area contributed by atoms with Crippen LogP contribution in [0.3, 0.4) is 0 Å². The van der Waals surface area contributed by atoms with E-state index in [0.29, 0.717) is 5.75 Å². The molecule has 1 aromatic carbocycles. The smallest absolute Gasteiger partial charge is 0.348 e. The second kappa shape index (κ2) is 5.31. The van der Waals surface area contributed by atoms with E-state index >= 15 is 0 Å². The molecular weight excluding hydrogens is 201 g/mol. The number of hydrogen-bond donors (Lipinski definition) is 1. The number of esters is 1. The van der Waals surface area contributed by atoms with Crippen molar-refractivity contribution >= 4 is 5.97 Å². The Morgan fingerprint density at radius 1 is 1.47 bits per heavy atom. The van der Waals surface area contributed by atoms with Gasteiger partial charge in [0.2, 0.25) is 6.10 Å². The molecule has 5 heteroatoms. The molecule has 0 radical (unpaired) electrons. The van der Waals surface area contributed by atoms with E-state index in [0.717, 1.165) is 0 Å². The van der Waals surface area contributed by atoms with E-state index in [1.165, 1.54) is 31.4 Å². The monoisotopic (exact) mass is 213 g/mol. The summed E-state index contributed by atoms with van der Waals surface area (Å²) in [6, 6.07) is 5.31. The number of nitrogens with two attached hydrogens (primary N) is 1. The fourth-order valence-electron chi connectivity index (χ4n) is 1.00. The molecular formula is C10H12FNO3. The maximum Gasteiger partial charge on any atom is 0.348 e. The molecule has 0 saturated carbocycles. The SMILES string of the molecule is COC(=O)C(CN)Oc1ccc(F)cc1. The van der Waals surface area contributed by atoms with Crippen LogP contribution in [0.5, 0.6) is 5.75 Å². The highest BCUT2D eigenvalue weighted by Gasteiger charge is 2.18. The van der Waals surface area contributed by atoms with Crippen molar-refractivity contribution in [1.82, 2.24) is 0 Å². The Labute approximate surface area is 86.8 Å². The first-order valence-corrected chi connectivity index (χ1v) is 4.37. The summed E-state index contributed by atoms with van der Waals surface area (Å²) in [5.74, 6) is -0.552. The molecule has 0 aliphatic rings. The van der Waals surface area contributed by atoms with Gasteiger partial charge in [-0.3, -0.25) is 0 Å². The van der Waals surface area contributed by atoms with Gasteiger partial charge in [-0.05, 0) is 24.3 Å². The molecule has 0 heterocycles. The van der Waals surface area contributed by atoms with E-state index in [1.54, 1.807) is 0 Å². The Bertz CT molecular complexity index is 326. The summed E-state index contributed by atoms with van der Waals surface area (Å²) >= 11 is 0. The van der Waals surface area contributed by atoms with Gasteiger partial charge in [-0.1, -0.05) is 0 Å². The lowest BCUT2D eigenvalue weighted by Crippen LogP contribution is -2.35. The molecule has 1 rings (SSSR count). The van der Waals surface area contributed by atoms with Crippen molar-refractivity contribution < 1.29 is 18.7 Å². The van der Waals surface area contributed by atoms with Crippen molar-refractivity contribution in [3.8, 4) is 5.75 Å². The van der Waals surface area contributed by atoms with Crippen LogP contribution in [0.25, 0.3) is 0 Å². The lowest BCUT2D eigenvalue weighted by Gasteiger charge is -2.14. The summed E-state index contributed by atoms with van der Waals surface area (Å²) in [6.07, 6.45) is -0.861.